The fourth-order valence-corrected chi connectivity index (χ4v) is 2.90. The second kappa shape index (κ2) is 7.42. The van der Waals surface area contributed by atoms with Crippen LogP contribution in [0.1, 0.15) is 27.9 Å². The van der Waals surface area contributed by atoms with Crippen LogP contribution < -0.4 is 0 Å². The molecule has 0 bridgehead atoms. The van der Waals surface area contributed by atoms with Crippen LogP contribution in [0.3, 0.4) is 0 Å². The Morgan fingerprint density at radius 1 is 1.26 bits per heavy atom. The number of carbonyl (C=O) groups excluding carboxylic acids is 1. The Bertz CT molecular complexity index is 668. The number of aryl methyl sites for hydroxylation is 4. The van der Waals surface area contributed by atoms with E-state index in [0.717, 1.165) is 22.4 Å². The third-order valence-corrected chi connectivity index (χ3v) is 4.16. The van der Waals surface area contributed by atoms with Crippen LogP contribution in [0.4, 0.5) is 0 Å². The molecular weight excluding hydrogens is 290 g/mol. The summed E-state index contributed by atoms with van der Waals surface area (Å²) >= 11 is 0. The SMILES string of the molecule is Cc1cc(C)c(CC(=O)N(CCO)Cc2cncn2C)c(C)c1. The average molecular weight is 315 g/mol. The molecule has 1 heterocycles. The third-order valence-electron chi connectivity index (χ3n) is 4.16. The summed E-state index contributed by atoms with van der Waals surface area (Å²) in [6, 6.07) is 4.21. The molecule has 5 nitrogen and oxygen atoms in total. The zero-order valence-electron chi connectivity index (χ0n) is 14.3. The van der Waals surface area contributed by atoms with Crippen LogP contribution in [0.5, 0.6) is 0 Å². The van der Waals surface area contributed by atoms with E-state index in [1.54, 1.807) is 17.4 Å². The number of nitrogens with zero attached hydrogens (tertiary/aromatic N) is 3. The standard InChI is InChI=1S/C18H25N3O2/c1-13-7-14(2)17(15(3)8-13)9-18(23)21(5-6-22)11-16-10-19-12-20(16)4/h7-8,10,12,22H,5-6,9,11H2,1-4H3. The Hall–Kier alpha value is -2.14. The minimum absolute atomic E-state index is 0.0234. The molecule has 0 aliphatic heterocycles. The van der Waals surface area contributed by atoms with Gasteiger partial charge in [-0.15, -0.1) is 0 Å². The third kappa shape index (κ3) is 4.20. The Morgan fingerprint density at radius 2 is 1.91 bits per heavy atom. The van der Waals surface area contributed by atoms with Crippen molar-refractivity contribution in [3.63, 3.8) is 0 Å². The van der Waals surface area contributed by atoms with E-state index >= 15 is 0 Å². The van der Waals surface area contributed by atoms with Gasteiger partial charge in [0, 0.05) is 19.8 Å². The average Bonchev–Trinajstić information content (AvgIpc) is 2.87. The van der Waals surface area contributed by atoms with E-state index in [2.05, 4.69) is 24.0 Å². The van der Waals surface area contributed by atoms with Gasteiger partial charge in [0.2, 0.25) is 5.91 Å². The van der Waals surface area contributed by atoms with Crippen LogP contribution in [0.2, 0.25) is 0 Å². The molecule has 0 unspecified atom stereocenters. The molecule has 0 saturated carbocycles. The number of rotatable bonds is 6. The molecule has 124 valence electrons. The van der Waals surface area contributed by atoms with Gasteiger partial charge in [0.1, 0.15) is 0 Å². The molecule has 1 N–H and O–H groups in total. The van der Waals surface area contributed by atoms with Crippen molar-refractivity contribution in [2.24, 2.45) is 7.05 Å². The minimum atomic E-state index is -0.0462. The normalized spacial score (nSPS) is 10.8. The lowest BCUT2D eigenvalue weighted by molar-refractivity contribution is -0.131. The van der Waals surface area contributed by atoms with Crippen molar-refractivity contribution in [3.8, 4) is 0 Å². The van der Waals surface area contributed by atoms with E-state index in [1.807, 2.05) is 25.5 Å². The van der Waals surface area contributed by atoms with Crippen LogP contribution in [-0.2, 0) is 24.8 Å². The molecule has 0 fully saturated rings. The van der Waals surface area contributed by atoms with E-state index in [9.17, 15) is 9.90 Å². The number of imidazole rings is 1. The van der Waals surface area contributed by atoms with E-state index in [-0.39, 0.29) is 12.5 Å². The minimum Gasteiger partial charge on any atom is -0.395 e. The second-order valence-electron chi connectivity index (χ2n) is 6.09. The molecule has 23 heavy (non-hydrogen) atoms. The summed E-state index contributed by atoms with van der Waals surface area (Å²) in [4.78, 5) is 18.5. The smallest absolute Gasteiger partial charge is 0.227 e. The van der Waals surface area contributed by atoms with Crippen LogP contribution >= 0.6 is 0 Å². The quantitative estimate of drug-likeness (QED) is 0.886. The molecule has 0 aliphatic rings. The maximum atomic E-state index is 12.7. The Kier molecular flexibility index (Phi) is 5.55. The van der Waals surface area contributed by atoms with Crippen molar-refractivity contribution >= 4 is 5.91 Å². The highest BCUT2D eigenvalue weighted by molar-refractivity contribution is 5.79. The number of hydrogen-bond donors (Lipinski definition) is 1. The summed E-state index contributed by atoms with van der Waals surface area (Å²) in [7, 11) is 1.90. The molecule has 2 aromatic rings. The first-order valence-corrected chi connectivity index (χ1v) is 7.83. The van der Waals surface area contributed by atoms with E-state index < -0.39 is 0 Å². The number of amides is 1. The summed E-state index contributed by atoms with van der Waals surface area (Å²) in [5.41, 5.74) is 5.51. The molecule has 2 rings (SSSR count). The van der Waals surface area contributed by atoms with Crippen molar-refractivity contribution in [2.45, 2.75) is 33.7 Å². The highest BCUT2D eigenvalue weighted by Gasteiger charge is 2.17. The van der Waals surface area contributed by atoms with Crippen LogP contribution in [0.15, 0.2) is 24.7 Å². The largest absolute Gasteiger partial charge is 0.395 e. The van der Waals surface area contributed by atoms with Gasteiger partial charge in [0.15, 0.2) is 0 Å². The Balaban J connectivity index is 2.17. The van der Waals surface area contributed by atoms with Gasteiger partial charge < -0.3 is 14.6 Å². The number of hydrogen-bond acceptors (Lipinski definition) is 3. The van der Waals surface area contributed by atoms with Crippen molar-refractivity contribution in [1.29, 1.82) is 0 Å². The zero-order chi connectivity index (χ0) is 17.0. The lowest BCUT2D eigenvalue weighted by Gasteiger charge is -2.23. The van der Waals surface area contributed by atoms with Gasteiger partial charge in [0.25, 0.3) is 0 Å². The number of aliphatic hydroxyl groups is 1. The first-order valence-electron chi connectivity index (χ1n) is 7.83. The summed E-state index contributed by atoms with van der Waals surface area (Å²) in [5, 5.41) is 9.28. The molecule has 1 aromatic carbocycles. The monoisotopic (exact) mass is 315 g/mol. The van der Waals surface area contributed by atoms with Gasteiger partial charge in [-0.1, -0.05) is 17.7 Å². The maximum absolute atomic E-state index is 12.7. The molecular formula is C18H25N3O2. The van der Waals surface area contributed by atoms with Gasteiger partial charge in [0.05, 0.1) is 31.6 Å². The van der Waals surface area contributed by atoms with Gasteiger partial charge in [-0.2, -0.15) is 0 Å². The van der Waals surface area contributed by atoms with Crippen molar-refractivity contribution in [1.82, 2.24) is 14.5 Å². The molecule has 0 radical (unpaired) electrons. The van der Waals surface area contributed by atoms with Gasteiger partial charge in [-0.05, 0) is 37.5 Å². The number of carbonyl (C=O) groups is 1. The lowest BCUT2D eigenvalue weighted by Crippen LogP contribution is -2.35. The van der Waals surface area contributed by atoms with Gasteiger partial charge >= 0.3 is 0 Å². The fourth-order valence-electron chi connectivity index (χ4n) is 2.90. The van der Waals surface area contributed by atoms with E-state index in [0.29, 0.717) is 19.5 Å². The van der Waals surface area contributed by atoms with Crippen LogP contribution in [-0.4, -0.2) is 38.6 Å². The van der Waals surface area contributed by atoms with Crippen LogP contribution in [0, 0.1) is 20.8 Å². The van der Waals surface area contributed by atoms with Crippen molar-refractivity contribution < 1.29 is 9.90 Å². The van der Waals surface area contributed by atoms with Crippen molar-refractivity contribution in [2.75, 3.05) is 13.2 Å². The number of benzene rings is 1. The Morgan fingerprint density at radius 3 is 2.43 bits per heavy atom. The number of aliphatic hydroxyl groups excluding tert-OH is 1. The Labute approximate surface area is 137 Å². The zero-order valence-corrected chi connectivity index (χ0v) is 14.3. The van der Waals surface area contributed by atoms with E-state index in [4.69, 9.17) is 0 Å². The highest BCUT2D eigenvalue weighted by atomic mass is 16.3. The molecule has 0 atom stereocenters. The maximum Gasteiger partial charge on any atom is 0.227 e. The highest BCUT2D eigenvalue weighted by Crippen LogP contribution is 2.18. The topological polar surface area (TPSA) is 58.4 Å². The molecule has 1 amide bonds. The van der Waals surface area contributed by atoms with E-state index in [1.165, 1.54) is 5.56 Å². The van der Waals surface area contributed by atoms with Crippen LogP contribution in [0.25, 0.3) is 0 Å². The molecule has 0 spiro atoms. The van der Waals surface area contributed by atoms with Gasteiger partial charge in [-0.25, -0.2) is 4.98 Å². The fraction of sp³-hybridized carbons (Fsp3) is 0.444. The first kappa shape index (κ1) is 17.2. The first-order chi connectivity index (χ1) is 10.9. The number of aromatic nitrogens is 2. The summed E-state index contributed by atoms with van der Waals surface area (Å²) in [5.74, 6) is 0.0234. The molecule has 1 aromatic heterocycles. The molecule has 0 saturated heterocycles. The molecule has 0 aliphatic carbocycles. The van der Waals surface area contributed by atoms with Gasteiger partial charge in [-0.3, -0.25) is 4.79 Å². The summed E-state index contributed by atoms with van der Waals surface area (Å²) in [6.07, 6.45) is 3.82. The molecule has 5 heteroatoms. The lowest BCUT2D eigenvalue weighted by atomic mass is 9.97. The summed E-state index contributed by atoms with van der Waals surface area (Å²) < 4.78 is 1.89. The predicted octanol–water partition coefficient (Wildman–Crippen LogP) is 1.91. The van der Waals surface area contributed by atoms with Crippen molar-refractivity contribution in [3.05, 3.63) is 52.6 Å². The predicted molar refractivity (Wildman–Crippen MR) is 90.1 cm³/mol. The second-order valence-corrected chi connectivity index (χ2v) is 6.09. The summed E-state index contributed by atoms with van der Waals surface area (Å²) in [6.45, 7) is 6.88.